The van der Waals surface area contributed by atoms with Crippen LogP contribution in [0, 0.1) is 0 Å². The van der Waals surface area contributed by atoms with Gasteiger partial charge in [-0.05, 0) is 30.2 Å². The number of carbonyl (C=O) groups excluding carboxylic acids is 1. The van der Waals surface area contributed by atoms with E-state index in [1.165, 1.54) is 22.2 Å². The van der Waals surface area contributed by atoms with Crippen molar-refractivity contribution >= 4 is 16.9 Å². The number of hydrogen-bond donors (Lipinski definition) is 2. The van der Waals surface area contributed by atoms with Gasteiger partial charge in [-0.2, -0.15) is 5.10 Å². The highest BCUT2D eigenvalue weighted by Crippen LogP contribution is 2.26. The average Bonchev–Trinajstić information content (AvgIpc) is 3.30. The highest BCUT2D eigenvalue weighted by Gasteiger charge is 2.25. The van der Waals surface area contributed by atoms with Crippen LogP contribution in [-0.4, -0.2) is 57.8 Å². The molecule has 7 nitrogen and oxygen atoms in total. The first-order valence-electron chi connectivity index (χ1n) is 9.36. The molecule has 0 saturated carbocycles. The van der Waals surface area contributed by atoms with Crippen molar-refractivity contribution in [1.82, 2.24) is 29.9 Å². The van der Waals surface area contributed by atoms with Gasteiger partial charge in [-0.1, -0.05) is 12.1 Å². The zero-order chi connectivity index (χ0) is 18.8. The minimum absolute atomic E-state index is 0.0533. The summed E-state index contributed by atoms with van der Waals surface area (Å²) in [7, 11) is 3.51. The van der Waals surface area contributed by atoms with Crippen molar-refractivity contribution < 1.29 is 4.79 Å². The van der Waals surface area contributed by atoms with Crippen molar-refractivity contribution in [2.45, 2.75) is 25.6 Å². The molecule has 0 unspecified atom stereocenters. The van der Waals surface area contributed by atoms with Gasteiger partial charge in [-0.3, -0.25) is 9.58 Å². The number of carbonyl (C=O) groups is 1. The lowest BCUT2D eigenvalue weighted by atomic mass is 10.1. The quantitative estimate of drug-likeness (QED) is 0.729. The van der Waals surface area contributed by atoms with E-state index in [0.29, 0.717) is 6.54 Å². The predicted molar refractivity (Wildman–Crippen MR) is 105 cm³/mol. The molecule has 1 aromatic carbocycles. The largest absolute Gasteiger partial charge is 0.361 e. The number of amides is 2. The maximum Gasteiger partial charge on any atom is 0.316 e. The van der Waals surface area contributed by atoms with E-state index in [2.05, 4.69) is 55.3 Å². The highest BCUT2D eigenvalue weighted by atomic mass is 16.2. The number of aromatic amines is 1. The Bertz CT molecular complexity index is 927. The Morgan fingerprint density at radius 2 is 2.22 bits per heavy atom. The number of rotatable bonds is 5. The van der Waals surface area contributed by atoms with Crippen molar-refractivity contribution in [3.8, 4) is 0 Å². The molecule has 0 spiro atoms. The van der Waals surface area contributed by atoms with E-state index in [1.54, 1.807) is 19.0 Å². The maximum absolute atomic E-state index is 11.8. The number of aromatic nitrogens is 3. The van der Waals surface area contributed by atoms with Gasteiger partial charge in [0.15, 0.2) is 0 Å². The van der Waals surface area contributed by atoms with Crippen molar-refractivity contribution in [3.63, 3.8) is 0 Å². The molecule has 1 aliphatic heterocycles. The topological polar surface area (TPSA) is 69.2 Å². The molecule has 0 bridgehead atoms. The van der Waals surface area contributed by atoms with Crippen LogP contribution in [0.1, 0.15) is 23.7 Å². The van der Waals surface area contributed by atoms with Crippen LogP contribution >= 0.6 is 0 Å². The normalized spacial score (nSPS) is 17.0. The summed E-state index contributed by atoms with van der Waals surface area (Å²) < 4.78 is 2.12. The van der Waals surface area contributed by atoms with Crippen LogP contribution in [0.2, 0.25) is 0 Å². The van der Waals surface area contributed by atoms with Crippen LogP contribution < -0.4 is 5.32 Å². The van der Waals surface area contributed by atoms with Gasteiger partial charge in [0.25, 0.3) is 0 Å². The molecule has 0 aliphatic carbocycles. The fourth-order valence-electron chi connectivity index (χ4n) is 3.83. The molecule has 7 heteroatoms. The van der Waals surface area contributed by atoms with Crippen LogP contribution in [0.3, 0.4) is 0 Å². The number of hydrogen-bond acceptors (Lipinski definition) is 3. The van der Waals surface area contributed by atoms with Gasteiger partial charge in [0.2, 0.25) is 0 Å². The van der Waals surface area contributed by atoms with E-state index >= 15 is 0 Å². The van der Waals surface area contributed by atoms with Crippen LogP contribution in [-0.2, 0) is 13.1 Å². The van der Waals surface area contributed by atoms with Gasteiger partial charge in [0, 0.05) is 63.6 Å². The summed E-state index contributed by atoms with van der Waals surface area (Å²) in [5.74, 6) is 0. The lowest BCUT2D eigenvalue weighted by Gasteiger charge is -2.34. The SMILES string of the molecule is CN(C)C(=O)NCC[C@H]1CN(Cc2cccc3[nH]ccc23)Cc2ccnn21. The molecule has 1 atom stereocenters. The van der Waals surface area contributed by atoms with E-state index in [1.807, 2.05) is 12.4 Å². The highest BCUT2D eigenvalue weighted by molar-refractivity contribution is 5.82. The van der Waals surface area contributed by atoms with Gasteiger partial charge >= 0.3 is 6.03 Å². The predicted octanol–water partition coefficient (Wildman–Crippen LogP) is 2.58. The Morgan fingerprint density at radius 3 is 3.07 bits per heavy atom. The monoisotopic (exact) mass is 366 g/mol. The van der Waals surface area contributed by atoms with Crippen molar-refractivity contribution in [2.24, 2.45) is 0 Å². The zero-order valence-corrected chi connectivity index (χ0v) is 15.9. The molecule has 2 N–H and O–H groups in total. The van der Waals surface area contributed by atoms with Gasteiger partial charge in [-0.25, -0.2) is 4.79 Å². The third-order valence-electron chi connectivity index (χ3n) is 5.19. The van der Waals surface area contributed by atoms with E-state index in [-0.39, 0.29) is 12.1 Å². The minimum atomic E-state index is -0.0533. The Morgan fingerprint density at radius 1 is 1.33 bits per heavy atom. The summed E-state index contributed by atoms with van der Waals surface area (Å²) in [6.07, 6.45) is 4.73. The second-order valence-electron chi connectivity index (χ2n) is 7.36. The minimum Gasteiger partial charge on any atom is -0.361 e. The van der Waals surface area contributed by atoms with Crippen LogP contribution in [0.15, 0.2) is 42.7 Å². The van der Waals surface area contributed by atoms with Gasteiger partial charge in [0.1, 0.15) is 0 Å². The van der Waals surface area contributed by atoms with Crippen LogP contribution in [0.4, 0.5) is 4.79 Å². The Kier molecular flexibility index (Phi) is 4.85. The molecule has 27 heavy (non-hydrogen) atoms. The van der Waals surface area contributed by atoms with E-state index in [4.69, 9.17) is 0 Å². The summed E-state index contributed by atoms with van der Waals surface area (Å²) in [4.78, 5) is 19.1. The van der Waals surface area contributed by atoms with Gasteiger partial charge in [0.05, 0.1) is 11.7 Å². The standard InChI is InChI=1S/C20H26N6O/c1-24(2)20(27)22-9-6-16-13-25(14-17-7-11-23-26(16)17)12-15-4-3-5-19-18(15)8-10-21-19/h3-5,7-8,10-11,16,21H,6,9,12-14H2,1-2H3,(H,22,27)/t16-/m0/s1. The third-order valence-corrected chi connectivity index (χ3v) is 5.19. The molecular formula is C20H26N6O. The molecule has 2 amide bonds. The molecule has 142 valence electrons. The summed E-state index contributed by atoms with van der Waals surface area (Å²) in [6, 6.07) is 10.9. The fourth-order valence-corrected chi connectivity index (χ4v) is 3.83. The van der Waals surface area contributed by atoms with Crippen LogP contribution in [0.5, 0.6) is 0 Å². The van der Waals surface area contributed by atoms with Gasteiger partial charge < -0.3 is 15.2 Å². The molecule has 0 saturated heterocycles. The fraction of sp³-hybridized carbons (Fsp3) is 0.400. The molecule has 1 aliphatic rings. The number of nitrogens with one attached hydrogen (secondary N) is 2. The van der Waals surface area contributed by atoms with Crippen molar-refractivity contribution in [3.05, 3.63) is 54.0 Å². The Balaban J connectivity index is 1.46. The molecule has 2 aromatic heterocycles. The van der Waals surface area contributed by atoms with E-state index in [9.17, 15) is 4.79 Å². The summed E-state index contributed by atoms with van der Waals surface area (Å²) in [5.41, 5.74) is 3.74. The Hall–Kier alpha value is -2.80. The first-order valence-corrected chi connectivity index (χ1v) is 9.36. The second kappa shape index (κ2) is 7.44. The first-order chi connectivity index (χ1) is 13.1. The smallest absolute Gasteiger partial charge is 0.316 e. The maximum atomic E-state index is 11.8. The summed E-state index contributed by atoms with van der Waals surface area (Å²) in [5, 5.41) is 8.76. The second-order valence-corrected chi connectivity index (χ2v) is 7.36. The third kappa shape index (κ3) is 3.68. The molecule has 3 aromatic rings. The van der Waals surface area contributed by atoms with E-state index in [0.717, 1.165) is 26.1 Å². The molecular weight excluding hydrogens is 340 g/mol. The number of nitrogens with zero attached hydrogens (tertiary/aromatic N) is 4. The van der Waals surface area contributed by atoms with Crippen molar-refractivity contribution in [1.29, 1.82) is 0 Å². The number of fused-ring (bicyclic) bond motifs is 2. The van der Waals surface area contributed by atoms with E-state index < -0.39 is 0 Å². The lowest BCUT2D eigenvalue weighted by molar-refractivity contribution is 0.161. The molecule has 4 rings (SSSR count). The Labute approximate surface area is 158 Å². The molecule has 0 radical (unpaired) electrons. The van der Waals surface area contributed by atoms with Crippen LogP contribution in [0.25, 0.3) is 10.9 Å². The van der Waals surface area contributed by atoms with Crippen molar-refractivity contribution in [2.75, 3.05) is 27.2 Å². The summed E-state index contributed by atoms with van der Waals surface area (Å²) in [6.45, 7) is 3.36. The number of H-pyrrole nitrogens is 1. The number of benzene rings is 1. The summed E-state index contributed by atoms with van der Waals surface area (Å²) >= 11 is 0. The lowest BCUT2D eigenvalue weighted by Crippen LogP contribution is -2.40. The number of urea groups is 1. The zero-order valence-electron chi connectivity index (χ0n) is 15.9. The first kappa shape index (κ1) is 17.6. The molecule has 3 heterocycles. The average molecular weight is 366 g/mol. The molecule has 0 fully saturated rings. The van der Waals surface area contributed by atoms with Gasteiger partial charge in [-0.15, -0.1) is 0 Å².